The Morgan fingerprint density at radius 1 is 1.24 bits per heavy atom. The Bertz CT molecular complexity index is 987. The van der Waals surface area contributed by atoms with E-state index in [1.807, 2.05) is 17.0 Å². The fourth-order valence-corrected chi connectivity index (χ4v) is 3.52. The van der Waals surface area contributed by atoms with E-state index in [-0.39, 0.29) is 24.2 Å². The zero-order valence-corrected chi connectivity index (χ0v) is 16.2. The summed E-state index contributed by atoms with van der Waals surface area (Å²) in [6.45, 7) is 3.25. The molecule has 0 aliphatic carbocycles. The second kappa shape index (κ2) is 8.43. The molecule has 0 N–H and O–H groups in total. The summed E-state index contributed by atoms with van der Waals surface area (Å²) in [6, 6.07) is 13.3. The van der Waals surface area contributed by atoms with Crippen LogP contribution < -0.4 is 4.74 Å². The number of carbonyl (C=O) groups excluding carboxylic acids is 1. The lowest BCUT2D eigenvalue weighted by Crippen LogP contribution is -2.39. The maximum Gasteiger partial charge on any atom is 0.257 e. The topological polar surface area (TPSA) is 68.5 Å². The molecule has 2 heterocycles. The summed E-state index contributed by atoms with van der Waals surface area (Å²) in [7, 11) is 0. The number of nitrogens with zero attached hydrogens (tertiary/aromatic N) is 3. The Kier molecular flexibility index (Phi) is 5.55. The average Bonchev–Trinajstić information content (AvgIpc) is 3.19. The number of carbonyl (C=O) groups is 1. The molecule has 29 heavy (non-hydrogen) atoms. The molecule has 0 unspecified atom stereocenters. The first-order valence-electron chi connectivity index (χ1n) is 9.66. The quantitative estimate of drug-likeness (QED) is 0.650. The number of hydrogen-bond acceptors (Lipinski definition) is 5. The highest BCUT2D eigenvalue weighted by molar-refractivity contribution is 5.97. The lowest BCUT2D eigenvalue weighted by atomic mass is 9.97. The Morgan fingerprint density at radius 3 is 2.79 bits per heavy atom. The molecule has 6 nitrogen and oxygen atoms in total. The van der Waals surface area contributed by atoms with Gasteiger partial charge in [0.15, 0.2) is 5.82 Å². The van der Waals surface area contributed by atoms with Crippen LogP contribution in [0.3, 0.4) is 0 Å². The molecule has 150 valence electrons. The number of rotatable bonds is 5. The summed E-state index contributed by atoms with van der Waals surface area (Å²) in [4.78, 5) is 19.3. The largest absolute Gasteiger partial charge is 0.488 e. The van der Waals surface area contributed by atoms with Gasteiger partial charge in [-0.15, -0.1) is 0 Å². The fraction of sp³-hybridized carbons (Fsp3) is 0.318. The molecule has 1 saturated heterocycles. The first-order chi connectivity index (χ1) is 14.1. The third kappa shape index (κ3) is 4.45. The molecule has 1 aromatic heterocycles. The van der Waals surface area contributed by atoms with Gasteiger partial charge in [-0.25, -0.2) is 4.39 Å². The molecule has 0 saturated carbocycles. The minimum atomic E-state index is -0.291. The van der Waals surface area contributed by atoms with E-state index in [0.717, 1.165) is 18.4 Å². The van der Waals surface area contributed by atoms with Crippen molar-refractivity contribution in [2.24, 2.45) is 0 Å². The number of likely N-dealkylation sites (tertiary alicyclic amines) is 1. The second-order valence-corrected chi connectivity index (χ2v) is 7.18. The molecule has 2 aromatic carbocycles. The standard InChI is InChI=1S/C22H22FN3O3/c1-15-24-21(29-25-15)17-5-4-12-26(13-17)22(27)19-6-2-3-7-20(19)28-14-16-8-10-18(23)11-9-16/h2-3,6-11,17H,4-5,12-14H2,1H3/t17-/m0/s1. The van der Waals surface area contributed by atoms with Gasteiger partial charge in [0.1, 0.15) is 18.2 Å². The van der Waals surface area contributed by atoms with Gasteiger partial charge >= 0.3 is 0 Å². The number of para-hydroxylation sites is 1. The molecule has 1 atom stereocenters. The van der Waals surface area contributed by atoms with Gasteiger partial charge in [0.2, 0.25) is 5.89 Å². The Morgan fingerprint density at radius 2 is 2.03 bits per heavy atom. The highest BCUT2D eigenvalue weighted by Gasteiger charge is 2.29. The van der Waals surface area contributed by atoms with Crippen molar-refractivity contribution >= 4 is 5.91 Å². The first kappa shape index (κ1) is 19.1. The first-order valence-corrected chi connectivity index (χ1v) is 9.66. The van der Waals surface area contributed by atoms with E-state index in [1.165, 1.54) is 12.1 Å². The van der Waals surface area contributed by atoms with Crippen molar-refractivity contribution < 1.29 is 18.4 Å². The summed E-state index contributed by atoms with van der Waals surface area (Å²) in [5.41, 5.74) is 1.34. The minimum absolute atomic E-state index is 0.0428. The molecule has 1 aliphatic rings. The van der Waals surface area contributed by atoms with Crippen LogP contribution in [-0.2, 0) is 6.61 Å². The molecule has 3 aromatic rings. The van der Waals surface area contributed by atoms with Crippen LogP contribution >= 0.6 is 0 Å². The van der Waals surface area contributed by atoms with E-state index in [0.29, 0.717) is 36.1 Å². The van der Waals surface area contributed by atoms with Crippen LogP contribution in [0.5, 0.6) is 5.75 Å². The lowest BCUT2D eigenvalue weighted by Gasteiger charge is -2.31. The van der Waals surface area contributed by atoms with Crippen LogP contribution in [0.25, 0.3) is 0 Å². The van der Waals surface area contributed by atoms with Gasteiger partial charge in [-0.2, -0.15) is 4.98 Å². The second-order valence-electron chi connectivity index (χ2n) is 7.18. The minimum Gasteiger partial charge on any atom is -0.488 e. The number of halogens is 1. The van der Waals surface area contributed by atoms with E-state index in [4.69, 9.17) is 9.26 Å². The molecular formula is C22H22FN3O3. The van der Waals surface area contributed by atoms with Gasteiger partial charge in [0, 0.05) is 13.1 Å². The van der Waals surface area contributed by atoms with Crippen molar-refractivity contribution in [3.05, 3.63) is 77.2 Å². The number of aryl methyl sites for hydroxylation is 1. The summed E-state index contributed by atoms with van der Waals surface area (Å²) >= 11 is 0. The Labute approximate surface area is 168 Å². The van der Waals surface area contributed by atoms with Crippen LogP contribution in [-0.4, -0.2) is 34.0 Å². The van der Waals surface area contributed by atoms with Crippen LogP contribution in [0.2, 0.25) is 0 Å². The van der Waals surface area contributed by atoms with Crippen molar-refractivity contribution in [2.75, 3.05) is 13.1 Å². The maximum atomic E-state index is 13.2. The number of amides is 1. The normalized spacial score (nSPS) is 16.6. The molecule has 0 bridgehead atoms. The van der Waals surface area contributed by atoms with E-state index in [2.05, 4.69) is 10.1 Å². The van der Waals surface area contributed by atoms with Crippen molar-refractivity contribution in [2.45, 2.75) is 32.3 Å². The number of piperidine rings is 1. The summed E-state index contributed by atoms with van der Waals surface area (Å²) < 4.78 is 24.3. The predicted molar refractivity (Wildman–Crippen MR) is 104 cm³/mol. The van der Waals surface area contributed by atoms with Crippen LogP contribution in [0.4, 0.5) is 4.39 Å². The highest BCUT2D eigenvalue weighted by Crippen LogP contribution is 2.28. The van der Waals surface area contributed by atoms with E-state index in [1.54, 1.807) is 31.2 Å². The third-order valence-corrected chi connectivity index (χ3v) is 5.03. The van der Waals surface area contributed by atoms with Crippen molar-refractivity contribution in [3.8, 4) is 5.75 Å². The van der Waals surface area contributed by atoms with Gasteiger partial charge in [-0.1, -0.05) is 29.4 Å². The lowest BCUT2D eigenvalue weighted by molar-refractivity contribution is 0.0691. The SMILES string of the molecule is Cc1noc([C@H]2CCCN(C(=O)c3ccccc3OCc3ccc(F)cc3)C2)n1. The molecule has 0 spiro atoms. The van der Waals surface area contributed by atoms with Gasteiger partial charge in [0.25, 0.3) is 5.91 Å². The smallest absolute Gasteiger partial charge is 0.257 e. The Hall–Kier alpha value is -3.22. The summed E-state index contributed by atoms with van der Waals surface area (Å²) in [5.74, 6) is 1.36. The molecule has 7 heteroatoms. The van der Waals surface area contributed by atoms with Crippen molar-refractivity contribution in [3.63, 3.8) is 0 Å². The maximum absolute atomic E-state index is 13.2. The molecule has 1 amide bonds. The van der Waals surface area contributed by atoms with Crippen LogP contribution in [0.1, 0.15) is 46.4 Å². The summed E-state index contributed by atoms with van der Waals surface area (Å²) in [6.07, 6.45) is 1.78. The number of aromatic nitrogens is 2. The van der Waals surface area contributed by atoms with Gasteiger partial charge in [-0.05, 0) is 49.6 Å². The fourth-order valence-electron chi connectivity index (χ4n) is 3.52. The van der Waals surface area contributed by atoms with Crippen molar-refractivity contribution in [1.82, 2.24) is 15.0 Å². The molecule has 1 aliphatic heterocycles. The van der Waals surface area contributed by atoms with Crippen molar-refractivity contribution in [1.29, 1.82) is 0 Å². The molecular weight excluding hydrogens is 373 g/mol. The van der Waals surface area contributed by atoms with Gasteiger partial charge in [-0.3, -0.25) is 4.79 Å². The van der Waals surface area contributed by atoms with Crippen LogP contribution in [0, 0.1) is 12.7 Å². The molecule has 1 fully saturated rings. The zero-order chi connectivity index (χ0) is 20.2. The average molecular weight is 395 g/mol. The Balaban J connectivity index is 1.47. The zero-order valence-electron chi connectivity index (χ0n) is 16.2. The third-order valence-electron chi connectivity index (χ3n) is 5.03. The van der Waals surface area contributed by atoms with E-state index >= 15 is 0 Å². The number of ether oxygens (including phenoxy) is 1. The van der Waals surface area contributed by atoms with Gasteiger partial charge < -0.3 is 14.2 Å². The molecule has 0 radical (unpaired) electrons. The number of benzene rings is 2. The summed E-state index contributed by atoms with van der Waals surface area (Å²) in [5, 5.41) is 3.86. The highest BCUT2D eigenvalue weighted by atomic mass is 19.1. The van der Waals surface area contributed by atoms with Gasteiger partial charge in [0.05, 0.1) is 11.5 Å². The van der Waals surface area contributed by atoms with Crippen LogP contribution in [0.15, 0.2) is 53.1 Å². The predicted octanol–water partition coefficient (Wildman–Crippen LogP) is 4.12. The monoisotopic (exact) mass is 395 g/mol. The molecule has 4 rings (SSSR count). The number of hydrogen-bond donors (Lipinski definition) is 0. The van der Waals surface area contributed by atoms with E-state index in [9.17, 15) is 9.18 Å². The van der Waals surface area contributed by atoms with E-state index < -0.39 is 0 Å².